The van der Waals surface area contributed by atoms with Crippen LogP contribution in [-0.4, -0.2) is 53.5 Å². The molecule has 0 aliphatic heterocycles. The predicted molar refractivity (Wildman–Crippen MR) is 121 cm³/mol. The Morgan fingerprint density at radius 3 is 2.16 bits per heavy atom. The van der Waals surface area contributed by atoms with E-state index in [1.807, 2.05) is 19.9 Å². The van der Waals surface area contributed by atoms with Gasteiger partial charge in [-0.1, -0.05) is 51.1 Å². The third-order valence-electron chi connectivity index (χ3n) is 5.49. The van der Waals surface area contributed by atoms with E-state index in [1.54, 1.807) is 31.2 Å². The second-order valence-electron chi connectivity index (χ2n) is 8.03. The highest BCUT2D eigenvalue weighted by Gasteiger charge is 2.49. The molecule has 8 nitrogen and oxygen atoms in total. The molecule has 1 atom stereocenters. The first-order valence-electron chi connectivity index (χ1n) is 10.5. The van der Waals surface area contributed by atoms with Crippen molar-refractivity contribution in [3.05, 3.63) is 60.2 Å². The molecule has 0 saturated carbocycles. The number of methoxy groups -OCH3 is 1. The van der Waals surface area contributed by atoms with Crippen molar-refractivity contribution in [1.29, 1.82) is 0 Å². The maximum atomic E-state index is 13.8. The van der Waals surface area contributed by atoms with Gasteiger partial charge in [0.05, 0.1) is 12.0 Å². The monoisotopic (exact) mass is 464 g/mol. The summed E-state index contributed by atoms with van der Waals surface area (Å²) in [5.41, 5.74) is -1.03. The zero-order valence-corrected chi connectivity index (χ0v) is 19.7. The Labute approximate surface area is 190 Å². The van der Waals surface area contributed by atoms with Gasteiger partial charge in [-0.2, -0.15) is 9.37 Å². The lowest BCUT2D eigenvalue weighted by molar-refractivity contribution is -0.182. The second-order valence-corrected chi connectivity index (χ2v) is 9.89. The van der Waals surface area contributed by atoms with Crippen LogP contribution < -0.4 is 4.74 Å². The molecule has 1 unspecified atom stereocenters. The first-order valence-corrected chi connectivity index (χ1v) is 12.0. The molecule has 32 heavy (non-hydrogen) atoms. The lowest BCUT2D eigenvalue weighted by Crippen LogP contribution is -2.64. The highest BCUT2D eigenvalue weighted by molar-refractivity contribution is 7.89. The highest BCUT2D eigenvalue weighted by Crippen LogP contribution is 2.35. The first kappa shape index (κ1) is 25.6. The van der Waals surface area contributed by atoms with E-state index in [0.29, 0.717) is 17.7 Å². The smallest absolute Gasteiger partial charge is 0.433 e. The zero-order chi connectivity index (χ0) is 23.9. The minimum Gasteiger partial charge on any atom is -0.497 e. The second kappa shape index (κ2) is 10.8. The average Bonchev–Trinajstić information content (AvgIpc) is 2.78. The van der Waals surface area contributed by atoms with Crippen LogP contribution in [0.4, 0.5) is 4.79 Å². The number of amides is 1. The Morgan fingerprint density at radius 2 is 1.69 bits per heavy atom. The molecule has 0 fully saturated rings. The normalized spacial score (nSPS) is 13.7. The molecular formula is C23H32N2O6S. The number of carbonyl (C=O) groups is 1. The number of carboxylic acid groups (broad SMARTS) is 1. The van der Waals surface area contributed by atoms with Crippen LogP contribution in [0.15, 0.2) is 59.5 Å². The molecule has 2 N–H and O–H groups in total. The number of hydroxylamine groups is 2. The van der Waals surface area contributed by atoms with E-state index in [4.69, 9.17) is 4.74 Å². The molecule has 0 aromatic heterocycles. The van der Waals surface area contributed by atoms with Crippen molar-refractivity contribution >= 4 is 16.1 Å². The fourth-order valence-corrected chi connectivity index (χ4v) is 5.42. The van der Waals surface area contributed by atoms with Crippen LogP contribution in [0.3, 0.4) is 0 Å². The van der Waals surface area contributed by atoms with Crippen molar-refractivity contribution in [2.75, 3.05) is 13.7 Å². The molecule has 9 heteroatoms. The zero-order valence-electron chi connectivity index (χ0n) is 18.9. The minimum absolute atomic E-state index is 0.00766. The molecule has 0 radical (unpaired) electrons. The Morgan fingerprint density at radius 1 is 1.09 bits per heavy atom. The highest BCUT2D eigenvalue weighted by atomic mass is 32.2. The van der Waals surface area contributed by atoms with E-state index in [9.17, 15) is 23.5 Å². The lowest BCUT2D eigenvalue weighted by Gasteiger charge is -2.45. The number of sulfonamides is 1. The Kier molecular flexibility index (Phi) is 8.65. The van der Waals surface area contributed by atoms with Gasteiger partial charge in [0, 0.05) is 13.0 Å². The van der Waals surface area contributed by atoms with Crippen LogP contribution in [0.25, 0.3) is 0 Å². The number of benzene rings is 2. The van der Waals surface area contributed by atoms with Crippen LogP contribution in [0.2, 0.25) is 0 Å². The van der Waals surface area contributed by atoms with Gasteiger partial charge in [-0.15, -0.1) is 0 Å². The van der Waals surface area contributed by atoms with Gasteiger partial charge < -0.3 is 9.84 Å². The number of hydrogen-bond acceptors (Lipinski definition) is 5. The van der Waals surface area contributed by atoms with Gasteiger partial charge in [0.15, 0.2) is 0 Å². The molecule has 1 amide bonds. The van der Waals surface area contributed by atoms with Gasteiger partial charge in [-0.05, 0) is 48.6 Å². The molecule has 0 aliphatic carbocycles. The summed E-state index contributed by atoms with van der Waals surface area (Å²) in [6, 6.07) is 14.9. The third-order valence-corrected chi connectivity index (χ3v) is 7.46. The summed E-state index contributed by atoms with van der Waals surface area (Å²) in [5.74, 6) is 0.657. The molecule has 176 valence electrons. The van der Waals surface area contributed by atoms with Gasteiger partial charge in [0.25, 0.3) is 0 Å². The van der Waals surface area contributed by atoms with Crippen LogP contribution >= 0.6 is 0 Å². The van der Waals surface area contributed by atoms with E-state index in [-0.39, 0.29) is 35.3 Å². The van der Waals surface area contributed by atoms with E-state index in [1.165, 1.54) is 31.4 Å². The van der Waals surface area contributed by atoms with Gasteiger partial charge in [0.2, 0.25) is 10.0 Å². The van der Waals surface area contributed by atoms with E-state index in [2.05, 4.69) is 0 Å². The molecule has 2 aromatic rings. The quantitative estimate of drug-likeness (QED) is 0.289. The fraction of sp³-hybridized carbons (Fsp3) is 0.435. The summed E-state index contributed by atoms with van der Waals surface area (Å²) in [7, 11) is -2.69. The Hall–Kier alpha value is -2.62. The third kappa shape index (κ3) is 5.59. The van der Waals surface area contributed by atoms with Crippen LogP contribution in [0.1, 0.15) is 39.2 Å². The van der Waals surface area contributed by atoms with Gasteiger partial charge in [-0.25, -0.2) is 13.2 Å². The molecule has 2 aromatic carbocycles. The van der Waals surface area contributed by atoms with Gasteiger partial charge in [0.1, 0.15) is 11.4 Å². The van der Waals surface area contributed by atoms with Crippen LogP contribution in [0, 0.1) is 5.92 Å². The molecule has 2 rings (SSSR count). The SMILES string of the molecule is CCC(Cc1ccccc1)(N(O)C(=O)O)N(CCC(C)C)S(=O)(=O)c1ccc(OC)cc1. The molecule has 0 heterocycles. The van der Waals surface area contributed by atoms with Crippen molar-refractivity contribution in [3.8, 4) is 5.75 Å². The molecule has 0 spiro atoms. The van der Waals surface area contributed by atoms with Crippen LogP contribution in [0.5, 0.6) is 5.75 Å². The summed E-state index contributed by atoms with van der Waals surface area (Å²) in [4.78, 5) is 11.9. The Bertz CT molecular complexity index is 979. The van der Waals surface area contributed by atoms with E-state index in [0.717, 1.165) is 4.31 Å². The standard InChI is InChI=1S/C23H32N2O6S/c1-5-23(25(28)22(26)27,17-19-9-7-6-8-10-19)24(16-15-18(2)3)32(29,30)21-13-11-20(31-4)12-14-21/h6-14,18,28H,5,15-17H2,1-4H3,(H,26,27). The molecular weight excluding hydrogens is 432 g/mol. The van der Waals surface area contributed by atoms with Gasteiger partial charge in [-0.3, -0.25) is 5.21 Å². The summed E-state index contributed by atoms with van der Waals surface area (Å²) in [5, 5.41) is 20.6. The largest absolute Gasteiger partial charge is 0.497 e. The number of nitrogens with zero attached hydrogens (tertiary/aromatic N) is 2. The Balaban J connectivity index is 2.69. The van der Waals surface area contributed by atoms with Crippen molar-refractivity contribution in [3.63, 3.8) is 0 Å². The summed E-state index contributed by atoms with van der Waals surface area (Å²) in [6.45, 7) is 5.62. The number of ether oxygens (including phenoxy) is 1. The fourth-order valence-electron chi connectivity index (χ4n) is 3.62. The van der Waals surface area contributed by atoms with Crippen molar-refractivity contribution in [2.24, 2.45) is 5.92 Å². The molecule has 0 aliphatic rings. The lowest BCUT2D eigenvalue weighted by atomic mass is 9.95. The molecule has 0 bridgehead atoms. The van der Waals surface area contributed by atoms with Crippen molar-refractivity contribution in [2.45, 2.75) is 50.6 Å². The summed E-state index contributed by atoms with van der Waals surface area (Å²) in [6.07, 6.45) is -1.11. The summed E-state index contributed by atoms with van der Waals surface area (Å²) < 4.78 is 33.9. The van der Waals surface area contributed by atoms with E-state index >= 15 is 0 Å². The van der Waals surface area contributed by atoms with Crippen molar-refractivity contribution < 1.29 is 28.3 Å². The maximum absolute atomic E-state index is 13.8. The number of rotatable bonds is 11. The maximum Gasteiger partial charge on any atom is 0.433 e. The molecule has 0 saturated heterocycles. The predicted octanol–water partition coefficient (Wildman–Crippen LogP) is 4.45. The minimum atomic E-state index is -4.18. The van der Waals surface area contributed by atoms with E-state index < -0.39 is 21.8 Å². The summed E-state index contributed by atoms with van der Waals surface area (Å²) >= 11 is 0. The van der Waals surface area contributed by atoms with Crippen LogP contribution in [-0.2, 0) is 16.4 Å². The topological polar surface area (TPSA) is 107 Å². The van der Waals surface area contributed by atoms with Crippen molar-refractivity contribution in [1.82, 2.24) is 9.37 Å². The number of hydrogen-bond donors (Lipinski definition) is 2. The average molecular weight is 465 g/mol. The first-order chi connectivity index (χ1) is 15.1. The van der Waals surface area contributed by atoms with Gasteiger partial charge >= 0.3 is 6.09 Å².